The quantitative estimate of drug-likeness (QED) is 0.568. The largest absolute Gasteiger partial charge is 0.464 e. The van der Waals surface area contributed by atoms with Crippen LogP contribution < -0.4 is 5.32 Å². The van der Waals surface area contributed by atoms with Gasteiger partial charge in [-0.25, -0.2) is 0 Å². The van der Waals surface area contributed by atoms with Crippen molar-refractivity contribution in [1.82, 2.24) is 10.2 Å². The van der Waals surface area contributed by atoms with Crippen molar-refractivity contribution in [2.45, 2.75) is 6.42 Å². The fourth-order valence-electron chi connectivity index (χ4n) is 2.75. The molecule has 28 heavy (non-hydrogen) atoms. The number of hydrogen-bond donors (Lipinski definition) is 1. The Bertz CT molecular complexity index is 891. The van der Waals surface area contributed by atoms with Crippen LogP contribution in [0, 0.1) is 0 Å². The minimum absolute atomic E-state index is 0.0186. The number of carbonyl (C=O) groups excluding carboxylic acids is 4. The molecule has 0 bridgehead atoms. The maximum absolute atomic E-state index is 12.2. The van der Waals surface area contributed by atoms with Crippen molar-refractivity contribution in [3.8, 4) is 0 Å². The lowest BCUT2D eigenvalue weighted by atomic mass is 10.1. The predicted octanol–water partition coefficient (Wildman–Crippen LogP) is 2.30. The number of carbonyl (C=O) groups is 4. The minimum atomic E-state index is -0.534. The lowest BCUT2D eigenvalue weighted by Crippen LogP contribution is -2.33. The Hall–Kier alpha value is -3.19. The van der Waals surface area contributed by atoms with Crippen molar-refractivity contribution >= 4 is 35.3 Å². The van der Waals surface area contributed by atoms with E-state index in [0.717, 1.165) is 4.90 Å². The second kappa shape index (κ2) is 8.67. The first kappa shape index (κ1) is 19.6. The van der Waals surface area contributed by atoms with Crippen LogP contribution in [0.2, 0.25) is 5.02 Å². The van der Waals surface area contributed by atoms with E-state index in [1.807, 2.05) is 0 Å². The number of fused-ring (bicyclic) bond motifs is 1. The highest BCUT2D eigenvalue weighted by Gasteiger charge is 2.34. The smallest absolute Gasteiger partial charge is 0.307 e. The Labute approximate surface area is 166 Å². The summed E-state index contributed by atoms with van der Waals surface area (Å²) < 4.78 is 5.05. The van der Waals surface area contributed by atoms with Crippen LogP contribution in [-0.2, 0) is 9.53 Å². The molecule has 2 aromatic carbocycles. The second-order valence-corrected chi connectivity index (χ2v) is 6.48. The number of ether oxygens (including phenoxy) is 1. The van der Waals surface area contributed by atoms with E-state index >= 15 is 0 Å². The fraction of sp³-hybridized carbons (Fsp3) is 0.200. The Kier molecular flexibility index (Phi) is 6.06. The van der Waals surface area contributed by atoms with Crippen LogP contribution in [0.3, 0.4) is 0 Å². The van der Waals surface area contributed by atoms with Gasteiger partial charge >= 0.3 is 5.97 Å². The van der Waals surface area contributed by atoms with Gasteiger partial charge in [-0.3, -0.25) is 24.1 Å². The van der Waals surface area contributed by atoms with E-state index in [1.54, 1.807) is 48.5 Å². The van der Waals surface area contributed by atoms with Crippen molar-refractivity contribution in [3.63, 3.8) is 0 Å². The molecular weight excluding hydrogens is 384 g/mol. The molecule has 1 aliphatic rings. The van der Waals surface area contributed by atoms with Crippen molar-refractivity contribution < 1.29 is 23.9 Å². The number of amides is 3. The van der Waals surface area contributed by atoms with Crippen molar-refractivity contribution in [3.05, 3.63) is 70.2 Å². The number of esters is 1. The SMILES string of the molecule is O=C(CCNC(=O)c1ccc(Cl)cc1)OCCN1C(=O)c2ccccc2C1=O. The summed E-state index contributed by atoms with van der Waals surface area (Å²) in [5, 5.41) is 3.13. The number of rotatable bonds is 7. The molecule has 8 heteroatoms. The maximum Gasteiger partial charge on any atom is 0.307 e. The topological polar surface area (TPSA) is 92.8 Å². The number of halogens is 1. The average molecular weight is 401 g/mol. The van der Waals surface area contributed by atoms with Crippen LogP contribution in [0.1, 0.15) is 37.5 Å². The van der Waals surface area contributed by atoms with Gasteiger partial charge in [0.2, 0.25) is 0 Å². The zero-order chi connectivity index (χ0) is 20.1. The summed E-state index contributed by atoms with van der Waals surface area (Å²) in [4.78, 5) is 49.1. The molecule has 0 aliphatic carbocycles. The summed E-state index contributed by atoms with van der Waals surface area (Å²) in [7, 11) is 0. The molecule has 0 saturated carbocycles. The Balaban J connectivity index is 1.38. The summed E-state index contributed by atoms with van der Waals surface area (Å²) in [5.41, 5.74) is 1.14. The first-order chi connectivity index (χ1) is 13.5. The summed E-state index contributed by atoms with van der Waals surface area (Å²) in [6.45, 7) is -0.0159. The molecule has 2 aromatic rings. The molecule has 0 fully saturated rings. The Morgan fingerprint density at radius 2 is 1.57 bits per heavy atom. The van der Waals surface area contributed by atoms with Gasteiger partial charge in [0.15, 0.2) is 0 Å². The van der Waals surface area contributed by atoms with Crippen molar-refractivity contribution in [2.75, 3.05) is 19.7 Å². The van der Waals surface area contributed by atoms with Gasteiger partial charge in [0.05, 0.1) is 24.1 Å². The fourth-order valence-corrected chi connectivity index (χ4v) is 2.87. The van der Waals surface area contributed by atoms with Gasteiger partial charge in [-0.2, -0.15) is 0 Å². The van der Waals surface area contributed by atoms with E-state index < -0.39 is 17.8 Å². The highest BCUT2D eigenvalue weighted by Crippen LogP contribution is 2.21. The highest BCUT2D eigenvalue weighted by atomic mass is 35.5. The third-order valence-electron chi connectivity index (χ3n) is 4.18. The van der Waals surface area contributed by atoms with Gasteiger partial charge in [0, 0.05) is 17.1 Å². The summed E-state index contributed by atoms with van der Waals surface area (Å²) in [6.07, 6.45) is -0.0263. The molecule has 0 unspecified atom stereocenters. The van der Waals surface area contributed by atoms with Gasteiger partial charge < -0.3 is 10.1 Å². The number of hydrogen-bond acceptors (Lipinski definition) is 5. The zero-order valence-corrected chi connectivity index (χ0v) is 15.6. The molecule has 0 radical (unpaired) electrons. The van der Waals surface area contributed by atoms with E-state index in [-0.39, 0.29) is 32.0 Å². The summed E-state index contributed by atoms with van der Waals surface area (Å²) in [6, 6.07) is 12.9. The Morgan fingerprint density at radius 1 is 0.964 bits per heavy atom. The zero-order valence-electron chi connectivity index (χ0n) is 14.8. The normalized spacial score (nSPS) is 12.7. The van der Waals surface area contributed by atoms with Crippen LogP contribution in [0.25, 0.3) is 0 Å². The Morgan fingerprint density at radius 3 is 2.18 bits per heavy atom. The second-order valence-electron chi connectivity index (χ2n) is 6.04. The van der Waals surface area contributed by atoms with Gasteiger partial charge in [0.25, 0.3) is 17.7 Å². The van der Waals surface area contributed by atoms with Crippen LogP contribution >= 0.6 is 11.6 Å². The van der Waals surface area contributed by atoms with Gasteiger partial charge in [-0.15, -0.1) is 0 Å². The molecular formula is C20H17ClN2O5. The molecule has 1 N–H and O–H groups in total. The molecule has 0 aromatic heterocycles. The van der Waals surface area contributed by atoms with E-state index in [9.17, 15) is 19.2 Å². The molecule has 3 amide bonds. The number of nitrogens with one attached hydrogen (secondary N) is 1. The first-order valence-corrected chi connectivity index (χ1v) is 9.00. The molecule has 0 atom stereocenters. The number of benzene rings is 2. The van der Waals surface area contributed by atoms with E-state index in [4.69, 9.17) is 16.3 Å². The van der Waals surface area contributed by atoms with Crippen LogP contribution in [0.15, 0.2) is 48.5 Å². The van der Waals surface area contributed by atoms with Crippen LogP contribution in [0.5, 0.6) is 0 Å². The molecule has 3 rings (SSSR count). The van der Waals surface area contributed by atoms with E-state index in [1.165, 1.54) is 0 Å². The average Bonchev–Trinajstić information content (AvgIpc) is 2.93. The molecule has 7 nitrogen and oxygen atoms in total. The minimum Gasteiger partial charge on any atom is -0.464 e. The standard InChI is InChI=1S/C20H17ClN2O5/c21-14-7-5-13(6-8-14)18(25)22-10-9-17(24)28-12-11-23-19(26)15-3-1-2-4-16(15)20(23)27/h1-8H,9-12H2,(H,22,25). The lowest BCUT2D eigenvalue weighted by molar-refractivity contribution is -0.143. The van der Waals surface area contributed by atoms with Gasteiger partial charge in [0.1, 0.15) is 6.61 Å². The van der Waals surface area contributed by atoms with Gasteiger partial charge in [-0.1, -0.05) is 23.7 Å². The number of nitrogens with zero attached hydrogens (tertiary/aromatic N) is 1. The van der Waals surface area contributed by atoms with E-state index in [2.05, 4.69) is 5.32 Å². The van der Waals surface area contributed by atoms with E-state index in [0.29, 0.717) is 21.7 Å². The molecule has 0 spiro atoms. The third kappa shape index (κ3) is 4.37. The van der Waals surface area contributed by atoms with Crippen molar-refractivity contribution in [1.29, 1.82) is 0 Å². The highest BCUT2D eigenvalue weighted by molar-refractivity contribution is 6.30. The maximum atomic E-state index is 12.2. The predicted molar refractivity (Wildman–Crippen MR) is 101 cm³/mol. The molecule has 144 valence electrons. The summed E-state index contributed by atoms with van der Waals surface area (Å²) in [5.74, 6) is -1.65. The molecule has 1 heterocycles. The van der Waals surface area contributed by atoms with Gasteiger partial charge in [-0.05, 0) is 36.4 Å². The molecule has 1 aliphatic heterocycles. The van der Waals surface area contributed by atoms with Crippen LogP contribution in [0.4, 0.5) is 0 Å². The molecule has 0 saturated heterocycles. The lowest BCUT2D eigenvalue weighted by Gasteiger charge is -2.13. The first-order valence-electron chi connectivity index (χ1n) is 8.62. The number of imide groups is 1. The van der Waals surface area contributed by atoms with Crippen LogP contribution in [-0.4, -0.2) is 48.3 Å². The van der Waals surface area contributed by atoms with Crippen molar-refractivity contribution in [2.24, 2.45) is 0 Å². The third-order valence-corrected chi connectivity index (χ3v) is 4.43. The monoisotopic (exact) mass is 400 g/mol. The summed E-state index contributed by atoms with van der Waals surface area (Å²) >= 11 is 5.76.